The molecule has 0 saturated heterocycles. The standard InChI is InChI=1S/C25H25N3O2S/c1-17(29)28-23(24-12-7-13-31-24)14-25(30)27-15-20(18-8-3-2-4-9-18)21-16-26-22-11-6-5-10-19(21)22/h2-13,16,20,23,26H,14-15H2,1H3,(H,27,30)(H,28,29)/t20-,23-/m1/s1. The molecule has 2 atom stereocenters. The van der Waals surface area contributed by atoms with Crippen LogP contribution in [0, 0.1) is 0 Å². The first kappa shape index (κ1) is 20.9. The SMILES string of the molecule is CC(=O)N[C@H](CC(=O)NC[C@H](c1ccccc1)c1c[nH]c2ccccc12)c1cccs1. The molecule has 2 amide bonds. The summed E-state index contributed by atoms with van der Waals surface area (Å²) in [5.41, 5.74) is 3.37. The lowest BCUT2D eigenvalue weighted by Gasteiger charge is -2.20. The molecule has 4 aromatic rings. The van der Waals surface area contributed by atoms with Crippen molar-refractivity contribution < 1.29 is 9.59 Å². The Morgan fingerprint density at radius 2 is 1.77 bits per heavy atom. The molecular formula is C25H25N3O2S. The van der Waals surface area contributed by atoms with Crippen molar-refractivity contribution in [2.45, 2.75) is 25.3 Å². The van der Waals surface area contributed by atoms with Crippen molar-refractivity contribution in [1.82, 2.24) is 15.6 Å². The molecule has 0 bridgehead atoms. The summed E-state index contributed by atoms with van der Waals surface area (Å²) in [6, 6.07) is 21.9. The zero-order valence-electron chi connectivity index (χ0n) is 17.3. The molecule has 0 aliphatic heterocycles. The van der Waals surface area contributed by atoms with Crippen molar-refractivity contribution in [3.63, 3.8) is 0 Å². The van der Waals surface area contributed by atoms with Crippen LogP contribution < -0.4 is 10.6 Å². The van der Waals surface area contributed by atoms with Gasteiger partial charge >= 0.3 is 0 Å². The second kappa shape index (κ2) is 9.62. The van der Waals surface area contributed by atoms with E-state index < -0.39 is 0 Å². The van der Waals surface area contributed by atoms with E-state index in [4.69, 9.17) is 0 Å². The van der Waals surface area contributed by atoms with Crippen LogP contribution in [0.25, 0.3) is 10.9 Å². The fourth-order valence-electron chi connectivity index (χ4n) is 3.91. The third-order valence-corrected chi connectivity index (χ3v) is 6.34. The summed E-state index contributed by atoms with van der Waals surface area (Å²) in [5.74, 6) is -0.220. The highest BCUT2D eigenvalue weighted by Gasteiger charge is 2.21. The number of fused-ring (bicyclic) bond motifs is 1. The van der Waals surface area contributed by atoms with Gasteiger partial charge < -0.3 is 15.6 Å². The van der Waals surface area contributed by atoms with Crippen LogP contribution in [0.4, 0.5) is 0 Å². The average Bonchev–Trinajstić information content (AvgIpc) is 3.45. The number of amides is 2. The molecule has 0 saturated carbocycles. The van der Waals surface area contributed by atoms with Gasteiger partial charge in [-0.25, -0.2) is 0 Å². The maximum atomic E-state index is 12.8. The van der Waals surface area contributed by atoms with Crippen molar-refractivity contribution in [2.75, 3.05) is 6.54 Å². The molecule has 3 N–H and O–H groups in total. The third kappa shape index (κ3) is 5.03. The van der Waals surface area contributed by atoms with Gasteiger partial charge in [0.15, 0.2) is 0 Å². The minimum Gasteiger partial charge on any atom is -0.361 e. The lowest BCUT2D eigenvalue weighted by Crippen LogP contribution is -2.34. The summed E-state index contributed by atoms with van der Waals surface area (Å²) in [6.45, 7) is 1.95. The van der Waals surface area contributed by atoms with Crippen LogP contribution in [-0.4, -0.2) is 23.3 Å². The highest BCUT2D eigenvalue weighted by Crippen LogP contribution is 2.30. The number of H-pyrrole nitrogens is 1. The van der Waals surface area contributed by atoms with Gasteiger partial charge in [-0.15, -0.1) is 11.3 Å². The van der Waals surface area contributed by atoms with Crippen molar-refractivity contribution in [3.8, 4) is 0 Å². The van der Waals surface area contributed by atoms with E-state index in [2.05, 4.69) is 39.9 Å². The molecule has 0 aliphatic rings. The number of para-hydroxylation sites is 1. The molecule has 0 aliphatic carbocycles. The van der Waals surface area contributed by atoms with Gasteiger partial charge in [-0.2, -0.15) is 0 Å². The molecule has 6 heteroatoms. The second-order valence-corrected chi connectivity index (χ2v) is 8.51. The Hall–Kier alpha value is -3.38. The normalized spacial score (nSPS) is 12.9. The minimum absolute atomic E-state index is 0.0160. The molecule has 2 heterocycles. The quantitative estimate of drug-likeness (QED) is 0.377. The van der Waals surface area contributed by atoms with Crippen molar-refractivity contribution in [2.24, 2.45) is 0 Å². The van der Waals surface area contributed by atoms with E-state index in [1.807, 2.05) is 54.0 Å². The predicted molar refractivity (Wildman–Crippen MR) is 125 cm³/mol. The first-order valence-electron chi connectivity index (χ1n) is 10.3. The zero-order valence-corrected chi connectivity index (χ0v) is 18.1. The number of hydrogen-bond acceptors (Lipinski definition) is 3. The number of carbonyl (C=O) groups is 2. The number of thiophene rings is 1. The smallest absolute Gasteiger partial charge is 0.222 e. The van der Waals surface area contributed by atoms with Gasteiger partial charge in [0.25, 0.3) is 0 Å². The van der Waals surface area contributed by atoms with Crippen LogP contribution in [0.5, 0.6) is 0 Å². The molecule has 4 rings (SSSR count). The molecular weight excluding hydrogens is 406 g/mol. The summed E-state index contributed by atoms with van der Waals surface area (Å²) >= 11 is 1.54. The predicted octanol–water partition coefficient (Wildman–Crippen LogP) is 4.75. The summed E-state index contributed by atoms with van der Waals surface area (Å²) in [4.78, 5) is 28.8. The lowest BCUT2D eigenvalue weighted by atomic mass is 9.91. The molecule has 31 heavy (non-hydrogen) atoms. The second-order valence-electron chi connectivity index (χ2n) is 7.53. The van der Waals surface area contributed by atoms with Gasteiger partial charge in [0.2, 0.25) is 11.8 Å². The molecule has 158 valence electrons. The van der Waals surface area contributed by atoms with E-state index in [9.17, 15) is 9.59 Å². The average molecular weight is 432 g/mol. The van der Waals surface area contributed by atoms with Crippen LogP contribution in [0.1, 0.15) is 41.3 Å². The molecule has 2 aromatic heterocycles. The van der Waals surface area contributed by atoms with E-state index in [0.29, 0.717) is 6.54 Å². The summed E-state index contributed by atoms with van der Waals surface area (Å²) in [5, 5.41) is 9.09. The van der Waals surface area contributed by atoms with E-state index in [1.165, 1.54) is 18.3 Å². The molecule has 0 radical (unpaired) electrons. The van der Waals surface area contributed by atoms with Crippen LogP contribution in [0.3, 0.4) is 0 Å². The number of nitrogens with one attached hydrogen (secondary N) is 3. The maximum absolute atomic E-state index is 12.8. The highest BCUT2D eigenvalue weighted by molar-refractivity contribution is 7.10. The van der Waals surface area contributed by atoms with E-state index in [1.54, 1.807) is 0 Å². The number of aromatic amines is 1. The number of aromatic nitrogens is 1. The summed E-state index contributed by atoms with van der Waals surface area (Å²) in [7, 11) is 0. The van der Waals surface area contributed by atoms with Crippen LogP contribution >= 0.6 is 11.3 Å². The Morgan fingerprint density at radius 3 is 2.52 bits per heavy atom. The molecule has 0 spiro atoms. The fraction of sp³-hybridized carbons (Fsp3) is 0.200. The lowest BCUT2D eigenvalue weighted by molar-refractivity contribution is -0.122. The molecule has 0 unspecified atom stereocenters. The number of benzene rings is 2. The summed E-state index contributed by atoms with van der Waals surface area (Å²) in [6.07, 6.45) is 2.23. The topological polar surface area (TPSA) is 74.0 Å². The van der Waals surface area contributed by atoms with Crippen molar-refractivity contribution >= 4 is 34.1 Å². The van der Waals surface area contributed by atoms with Crippen LogP contribution in [0.2, 0.25) is 0 Å². The largest absolute Gasteiger partial charge is 0.361 e. The Labute approximate surface area is 185 Å². The summed E-state index contributed by atoms with van der Waals surface area (Å²) < 4.78 is 0. The Bertz CT molecular complexity index is 1150. The Kier molecular flexibility index (Phi) is 6.48. The van der Waals surface area contributed by atoms with E-state index >= 15 is 0 Å². The van der Waals surface area contributed by atoms with Crippen molar-refractivity contribution in [3.05, 3.63) is 94.3 Å². The number of carbonyl (C=O) groups excluding carboxylic acids is 2. The van der Waals surface area contributed by atoms with Gasteiger partial charge in [0, 0.05) is 41.4 Å². The van der Waals surface area contributed by atoms with Gasteiger partial charge in [0.05, 0.1) is 12.5 Å². The third-order valence-electron chi connectivity index (χ3n) is 5.36. The maximum Gasteiger partial charge on any atom is 0.222 e. The molecule has 2 aromatic carbocycles. The van der Waals surface area contributed by atoms with E-state index in [0.717, 1.165) is 26.9 Å². The Balaban J connectivity index is 1.52. The monoisotopic (exact) mass is 431 g/mol. The highest BCUT2D eigenvalue weighted by atomic mass is 32.1. The first-order valence-corrected chi connectivity index (χ1v) is 11.2. The fourth-order valence-corrected chi connectivity index (χ4v) is 4.68. The van der Waals surface area contributed by atoms with E-state index in [-0.39, 0.29) is 30.2 Å². The Morgan fingerprint density at radius 1 is 1.00 bits per heavy atom. The van der Waals surface area contributed by atoms with Gasteiger partial charge in [0.1, 0.15) is 0 Å². The number of hydrogen-bond donors (Lipinski definition) is 3. The molecule has 5 nitrogen and oxygen atoms in total. The number of rotatable bonds is 8. The van der Waals surface area contributed by atoms with Crippen LogP contribution in [-0.2, 0) is 9.59 Å². The first-order chi connectivity index (χ1) is 15.1. The van der Waals surface area contributed by atoms with Gasteiger partial charge in [-0.1, -0.05) is 54.6 Å². The molecule has 0 fully saturated rings. The van der Waals surface area contributed by atoms with Gasteiger partial charge in [-0.3, -0.25) is 9.59 Å². The zero-order chi connectivity index (χ0) is 21.6. The van der Waals surface area contributed by atoms with Crippen molar-refractivity contribution in [1.29, 1.82) is 0 Å². The van der Waals surface area contributed by atoms with Crippen LogP contribution in [0.15, 0.2) is 78.3 Å². The minimum atomic E-state index is -0.319. The van der Waals surface area contributed by atoms with Gasteiger partial charge in [-0.05, 0) is 28.6 Å².